The van der Waals surface area contributed by atoms with Gasteiger partial charge in [0.05, 0.1) is 6.26 Å². The Hall–Kier alpha value is -2.98. The van der Waals surface area contributed by atoms with Crippen LogP contribution in [0, 0.1) is 12.8 Å². The molecular formula is C25H30N4O4S2. The van der Waals surface area contributed by atoms with Crippen LogP contribution in [0.2, 0.25) is 0 Å². The van der Waals surface area contributed by atoms with E-state index in [1.165, 1.54) is 23.8 Å². The van der Waals surface area contributed by atoms with Crippen LogP contribution in [0.3, 0.4) is 0 Å². The molecule has 4 rings (SSSR count). The number of hydrogen-bond donors (Lipinski definition) is 2. The SMILES string of the molecule is Cc1cc(-c2cccc(NS(C)(=O)=O)c2)cc(=O)n1[C@@H](CC1CCCCC1)C(=O)Nc1nccs1. The third-order valence-electron chi connectivity index (χ3n) is 6.32. The zero-order valence-corrected chi connectivity index (χ0v) is 21.5. The summed E-state index contributed by atoms with van der Waals surface area (Å²) in [7, 11) is -3.42. The molecule has 3 aromatic rings. The van der Waals surface area contributed by atoms with Crippen molar-refractivity contribution in [3.63, 3.8) is 0 Å². The van der Waals surface area contributed by atoms with Gasteiger partial charge in [0.15, 0.2) is 5.13 Å². The number of aryl methyl sites for hydroxylation is 1. The molecule has 10 heteroatoms. The molecule has 1 aliphatic carbocycles. The van der Waals surface area contributed by atoms with Gasteiger partial charge in [-0.25, -0.2) is 13.4 Å². The fraction of sp³-hybridized carbons (Fsp3) is 0.400. The first-order valence-corrected chi connectivity index (χ1v) is 14.5. The minimum Gasteiger partial charge on any atom is -0.300 e. The van der Waals surface area contributed by atoms with Crippen molar-refractivity contribution < 1.29 is 13.2 Å². The first-order valence-electron chi connectivity index (χ1n) is 11.7. The van der Waals surface area contributed by atoms with Crippen molar-refractivity contribution in [3.05, 3.63) is 64.0 Å². The van der Waals surface area contributed by atoms with Crippen LogP contribution in [0.5, 0.6) is 0 Å². The van der Waals surface area contributed by atoms with Gasteiger partial charge in [-0.2, -0.15) is 0 Å². The number of benzene rings is 1. The molecule has 35 heavy (non-hydrogen) atoms. The van der Waals surface area contributed by atoms with E-state index in [0.717, 1.165) is 31.9 Å². The minimum atomic E-state index is -3.42. The molecule has 1 amide bonds. The van der Waals surface area contributed by atoms with Crippen molar-refractivity contribution in [1.29, 1.82) is 0 Å². The van der Waals surface area contributed by atoms with Crippen LogP contribution < -0.4 is 15.6 Å². The molecular weight excluding hydrogens is 484 g/mol. The summed E-state index contributed by atoms with van der Waals surface area (Å²) in [6, 6.07) is 9.64. The highest BCUT2D eigenvalue weighted by atomic mass is 32.2. The van der Waals surface area contributed by atoms with E-state index in [9.17, 15) is 18.0 Å². The minimum absolute atomic E-state index is 0.233. The average Bonchev–Trinajstić information content (AvgIpc) is 3.30. The van der Waals surface area contributed by atoms with Crippen LogP contribution in [-0.2, 0) is 14.8 Å². The second kappa shape index (κ2) is 10.7. The summed E-state index contributed by atoms with van der Waals surface area (Å²) < 4.78 is 27.3. The predicted octanol–water partition coefficient (Wildman–Crippen LogP) is 4.80. The Morgan fingerprint density at radius 1 is 1.17 bits per heavy atom. The third-order valence-corrected chi connectivity index (χ3v) is 7.61. The van der Waals surface area contributed by atoms with Crippen LogP contribution in [0.4, 0.5) is 10.8 Å². The maximum Gasteiger partial charge on any atom is 0.252 e. The summed E-state index contributed by atoms with van der Waals surface area (Å²) in [5.74, 6) is 0.156. The van der Waals surface area contributed by atoms with Crippen LogP contribution in [0.25, 0.3) is 11.1 Å². The smallest absolute Gasteiger partial charge is 0.252 e. The maximum atomic E-state index is 13.4. The zero-order valence-electron chi connectivity index (χ0n) is 19.9. The molecule has 0 saturated heterocycles. The van der Waals surface area contributed by atoms with E-state index in [1.54, 1.807) is 34.3 Å². The molecule has 1 fully saturated rings. The lowest BCUT2D eigenvalue weighted by Crippen LogP contribution is -2.36. The van der Waals surface area contributed by atoms with Crippen LogP contribution >= 0.6 is 11.3 Å². The lowest BCUT2D eigenvalue weighted by atomic mass is 9.84. The Balaban J connectivity index is 1.68. The number of rotatable bonds is 8. The molecule has 0 radical (unpaired) electrons. The molecule has 0 bridgehead atoms. The number of nitrogens with zero attached hydrogens (tertiary/aromatic N) is 2. The fourth-order valence-electron chi connectivity index (χ4n) is 4.80. The Morgan fingerprint density at radius 3 is 2.60 bits per heavy atom. The highest BCUT2D eigenvalue weighted by Gasteiger charge is 2.28. The van der Waals surface area contributed by atoms with E-state index in [0.29, 0.717) is 40.0 Å². The number of anilines is 2. The number of pyridine rings is 1. The van der Waals surface area contributed by atoms with Gasteiger partial charge in [-0.05, 0) is 48.6 Å². The van der Waals surface area contributed by atoms with Crippen molar-refractivity contribution in [2.24, 2.45) is 5.92 Å². The van der Waals surface area contributed by atoms with E-state index in [1.807, 2.05) is 19.1 Å². The first kappa shape index (κ1) is 25.1. The van der Waals surface area contributed by atoms with Gasteiger partial charge in [0.25, 0.3) is 5.56 Å². The normalized spacial score (nSPS) is 15.5. The third kappa shape index (κ3) is 6.58. The predicted molar refractivity (Wildman–Crippen MR) is 140 cm³/mol. The monoisotopic (exact) mass is 514 g/mol. The van der Waals surface area contributed by atoms with Gasteiger partial charge in [-0.3, -0.25) is 14.3 Å². The number of carbonyl (C=O) groups excluding carboxylic acids is 1. The summed E-state index contributed by atoms with van der Waals surface area (Å²) >= 11 is 1.34. The number of amides is 1. The lowest BCUT2D eigenvalue weighted by Gasteiger charge is -2.28. The number of sulfonamides is 1. The van der Waals surface area contributed by atoms with Gasteiger partial charge < -0.3 is 9.88 Å². The van der Waals surface area contributed by atoms with E-state index >= 15 is 0 Å². The Kier molecular flexibility index (Phi) is 7.71. The van der Waals surface area contributed by atoms with E-state index in [2.05, 4.69) is 15.0 Å². The van der Waals surface area contributed by atoms with E-state index in [-0.39, 0.29) is 11.5 Å². The number of thiazole rings is 1. The Labute approximate surface area is 209 Å². The second-order valence-corrected chi connectivity index (χ2v) is 11.8. The number of aromatic nitrogens is 2. The van der Waals surface area contributed by atoms with Crippen molar-refractivity contribution in [3.8, 4) is 11.1 Å². The topological polar surface area (TPSA) is 110 Å². The van der Waals surface area contributed by atoms with Crippen molar-refractivity contribution >= 4 is 38.1 Å². The largest absolute Gasteiger partial charge is 0.300 e. The summed E-state index contributed by atoms with van der Waals surface area (Å²) in [5.41, 5.74) is 2.20. The molecule has 1 aliphatic rings. The van der Waals surface area contributed by atoms with Crippen LogP contribution in [0.1, 0.15) is 50.3 Å². The quantitative estimate of drug-likeness (QED) is 0.449. The molecule has 2 aromatic heterocycles. The van der Waals surface area contributed by atoms with Crippen LogP contribution in [0.15, 0.2) is 52.8 Å². The summed E-state index contributed by atoms with van der Waals surface area (Å²) in [6.45, 7) is 1.83. The van der Waals surface area contributed by atoms with Crippen molar-refractivity contribution in [1.82, 2.24) is 9.55 Å². The molecule has 1 aromatic carbocycles. The van der Waals surface area contributed by atoms with Gasteiger partial charge in [-0.15, -0.1) is 11.3 Å². The first-order chi connectivity index (χ1) is 16.7. The van der Waals surface area contributed by atoms with Crippen molar-refractivity contribution in [2.45, 2.75) is 51.5 Å². The lowest BCUT2D eigenvalue weighted by molar-refractivity contribution is -0.120. The molecule has 0 spiro atoms. The summed E-state index contributed by atoms with van der Waals surface area (Å²) in [4.78, 5) is 30.9. The molecule has 2 N–H and O–H groups in total. The number of nitrogens with one attached hydrogen (secondary N) is 2. The standard InChI is InChI=1S/C25H30N4O4S2/c1-17-13-20(19-9-6-10-21(15-19)28-35(2,32)33)16-23(30)29(17)22(14-18-7-4-3-5-8-18)24(31)27-25-26-11-12-34-25/h6,9-13,15-16,18,22,28H,3-5,7-8,14H2,1-2H3,(H,26,27,31)/t22-/m0/s1. The summed E-state index contributed by atoms with van der Waals surface area (Å²) in [6.07, 6.45) is 8.97. The van der Waals surface area contributed by atoms with Gasteiger partial charge in [-0.1, -0.05) is 44.2 Å². The van der Waals surface area contributed by atoms with Crippen LogP contribution in [-0.4, -0.2) is 30.1 Å². The molecule has 2 heterocycles. The highest BCUT2D eigenvalue weighted by Crippen LogP contribution is 2.32. The Bertz CT molecular complexity index is 1340. The maximum absolute atomic E-state index is 13.4. The molecule has 8 nitrogen and oxygen atoms in total. The zero-order chi connectivity index (χ0) is 25.0. The molecule has 0 aliphatic heterocycles. The summed E-state index contributed by atoms with van der Waals surface area (Å²) in [5, 5.41) is 5.19. The average molecular weight is 515 g/mol. The van der Waals surface area contributed by atoms with Gasteiger partial charge >= 0.3 is 0 Å². The Morgan fingerprint density at radius 2 is 1.94 bits per heavy atom. The number of hydrogen-bond acceptors (Lipinski definition) is 6. The van der Waals surface area contributed by atoms with Crippen molar-refractivity contribution in [2.75, 3.05) is 16.3 Å². The highest BCUT2D eigenvalue weighted by molar-refractivity contribution is 7.92. The van der Waals surface area contributed by atoms with Gasteiger partial charge in [0, 0.05) is 29.0 Å². The molecule has 186 valence electrons. The molecule has 1 atom stereocenters. The fourth-order valence-corrected chi connectivity index (χ4v) is 5.88. The molecule has 0 unspecified atom stereocenters. The second-order valence-electron chi connectivity index (χ2n) is 9.13. The van der Waals surface area contributed by atoms with E-state index in [4.69, 9.17) is 0 Å². The van der Waals surface area contributed by atoms with Gasteiger partial charge in [0.2, 0.25) is 15.9 Å². The molecule has 1 saturated carbocycles. The van der Waals surface area contributed by atoms with Gasteiger partial charge in [0.1, 0.15) is 6.04 Å². The van der Waals surface area contributed by atoms with E-state index < -0.39 is 16.1 Å². The number of carbonyl (C=O) groups is 1.